The van der Waals surface area contributed by atoms with E-state index in [1.807, 2.05) is 26.0 Å². The molecule has 0 aliphatic carbocycles. The van der Waals surface area contributed by atoms with Crippen molar-refractivity contribution in [2.75, 3.05) is 0 Å². The van der Waals surface area contributed by atoms with Crippen LogP contribution in [0.4, 0.5) is 0 Å². The molecule has 18 heavy (non-hydrogen) atoms. The second kappa shape index (κ2) is 3.80. The molecule has 3 aromatic heterocycles. The maximum Gasteiger partial charge on any atom is 0.272 e. The number of aromatic amines is 1. The number of hydrogen-bond acceptors (Lipinski definition) is 3. The minimum absolute atomic E-state index is 0.0964. The van der Waals surface area contributed by atoms with Crippen molar-refractivity contribution >= 4 is 5.65 Å². The van der Waals surface area contributed by atoms with E-state index in [0.29, 0.717) is 11.3 Å². The Morgan fingerprint density at radius 2 is 1.94 bits per heavy atom. The molecule has 0 atom stereocenters. The molecule has 0 radical (unpaired) electrons. The summed E-state index contributed by atoms with van der Waals surface area (Å²) < 4.78 is 1.47. The van der Waals surface area contributed by atoms with Crippen molar-refractivity contribution in [3.63, 3.8) is 0 Å². The minimum atomic E-state index is -0.0964. The Labute approximate surface area is 103 Å². The Morgan fingerprint density at radius 3 is 2.67 bits per heavy atom. The van der Waals surface area contributed by atoms with Gasteiger partial charge in [0.05, 0.1) is 0 Å². The summed E-state index contributed by atoms with van der Waals surface area (Å²) in [7, 11) is 0. The summed E-state index contributed by atoms with van der Waals surface area (Å²) in [6.45, 7) is 3.75. The molecule has 3 rings (SSSR count). The van der Waals surface area contributed by atoms with Crippen molar-refractivity contribution in [2.24, 2.45) is 0 Å². The Bertz CT molecular complexity index is 771. The van der Waals surface area contributed by atoms with Gasteiger partial charge in [-0.3, -0.25) is 14.9 Å². The highest BCUT2D eigenvalue weighted by Gasteiger charge is 2.13. The number of hydrogen-bond donors (Lipinski definition) is 1. The lowest BCUT2D eigenvalue weighted by Gasteiger charge is -2.00. The van der Waals surface area contributed by atoms with Crippen LogP contribution in [-0.2, 0) is 0 Å². The molecule has 0 aliphatic rings. The first-order valence-corrected chi connectivity index (χ1v) is 5.66. The monoisotopic (exact) mass is 240 g/mol. The molecule has 0 aliphatic heterocycles. The van der Waals surface area contributed by atoms with Crippen LogP contribution in [0.2, 0.25) is 0 Å². The van der Waals surface area contributed by atoms with E-state index in [2.05, 4.69) is 15.1 Å². The second-order valence-electron chi connectivity index (χ2n) is 4.24. The van der Waals surface area contributed by atoms with E-state index >= 15 is 0 Å². The molecule has 0 fully saturated rings. The van der Waals surface area contributed by atoms with Crippen molar-refractivity contribution < 1.29 is 0 Å². The minimum Gasteiger partial charge on any atom is -0.293 e. The number of fused-ring (bicyclic) bond motifs is 1. The van der Waals surface area contributed by atoms with Gasteiger partial charge in [0.15, 0.2) is 5.65 Å². The first kappa shape index (κ1) is 10.7. The van der Waals surface area contributed by atoms with Crippen molar-refractivity contribution in [3.8, 4) is 11.1 Å². The highest BCUT2D eigenvalue weighted by Crippen LogP contribution is 2.25. The third-order valence-corrected chi connectivity index (χ3v) is 2.89. The quantitative estimate of drug-likeness (QED) is 0.704. The van der Waals surface area contributed by atoms with Crippen LogP contribution in [0.25, 0.3) is 16.8 Å². The molecule has 3 aromatic rings. The van der Waals surface area contributed by atoms with Crippen molar-refractivity contribution in [2.45, 2.75) is 13.8 Å². The molecular weight excluding hydrogens is 228 g/mol. The summed E-state index contributed by atoms with van der Waals surface area (Å²) in [4.78, 5) is 20.3. The maximum absolute atomic E-state index is 11.9. The lowest BCUT2D eigenvalue weighted by Crippen LogP contribution is -2.14. The molecular formula is C13H12N4O. The Hall–Kier alpha value is -2.43. The predicted molar refractivity (Wildman–Crippen MR) is 68.5 cm³/mol. The number of H-pyrrole nitrogens is 1. The van der Waals surface area contributed by atoms with Gasteiger partial charge in [-0.1, -0.05) is 0 Å². The van der Waals surface area contributed by atoms with E-state index in [4.69, 9.17) is 0 Å². The van der Waals surface area contributed by atoms with Gasteiger partial charge < -0.3 is 0 Å². The Morgan fingerprint density at radius 1 is 1.22 bits per heavy atom. The van der Waals surface area contributed by atoms with E-state index in [0.717, 1.165) is 16.8 Å². The molecule has 0 saturated heterocycles. The normalized spacial score (nSPS) is 11.0. The SMILES string of the molecule is Cc1cc(=O)n2[nH]c(C)c(-c3ccncc3)c2n1. The predicted octanol–water partition coefficient (Wildman–Crippen LogP) is 1.70. The van der Waals surface area contributed by atoms with Gasteiger partial charge in [-0.05, 0) is 31.5 Å². The van der Waals surface area contributed by atoms with Gasteiger partial charge in [0.1, 0.15) is 0 Å². The fourth-order valence-corrected chi connectivity index (χ4v) is 2.13. The molecule has 0 amide bonds. The van der Waals surface area contributed by atoms with E-state index in [1.54, 1.807) is 12.4 Å². The van der Waals surface area contributed by atoms with Gasteiger partial charge in [-0.25, -0.2) is 9.50 Å². The largest absolute Gasteiger partial charge is 0.293 e. The van der Waals surface area contributed by atoms with E-state index in [9.17, 15) is 4.79 Å². The lowest BCUT2D eigenvalue weighted by molar-refractivity contribution is 0.873. The maximum atomic E-state index is 11.9. The standard InChI is InChI=1S/C13H12N4O/c1-8-7-11(18)17-13(15-8)12(9(2)16-17)10-3-5-14-6-4-10/h3-7,16H,1-2H3. The molecule has 0 unspecified atom stereocenters. The summed E-state index contributed by atoms with van der Waals surface area (Å²) >= 11 is 0. The summed E-state index contributed by atoms with van der Waals surface area (Å²) in [6, 6.07) is 5.33. The fourth-order valence-electron chi connectivity index (χ4n) is 2.13. The van der Waals surface area contributed by atoms with Crippen LogP contribution in [0.5, 0.6) is 0 Å². The van der Waals surface area contributed by atoms with Crippen LogP contribution in [0.3, 0.4) is 0 Å². The van der Waals surface area contributed by atoms with Crippen molar-refractivity contribution in [1.82, 2.24) is 19.6 Å². The molecule has 1 N–H and O–H groups in total. The fraction of sp³-hybridized carbons (Fsp3) is 0.154. The van der Waals surface area contributed by atoms with Gasteiger partial charge >= 0.3 is 0 Å². The zero-order chi connectivity index (χ0) is 12.7. The zero-order valence-corrected chi connectivity index (χ0v) is 10.1. The zero-order valence-electron chi connectivity index (χ0n) is 10.1. The number of aromatic nitrogens is 4. The third kappa shape index (κ3) is 1.52. The Kier molecular flexibility index (Phi) is 2.26. The van der Waals surface area contributed by atoms with Gasteiger partial charge in [0.25, 0.3) is 5.56 Å². The smallest absolute Gasteiger partial charge is 0.272 e. The lowest BCUT2D eigenvalue weighted by atomic mass is 10.1. The topological polar surface area (TPSA) is 63.0 Å². The van der Waals surface area contributed by atoms with E-state index < -0.39 is 0 Å². The number of pyridine rings is 1. The highest BCUT2D eigenvalue weighted by molar-refractivity contribution is 5.79. The Balaban J connectivity index is 2.43. The first-order valence-electron chi connectivity index (χ1n) is 5.66. The molecule has 5 nitrogen and oxygen atoms in total. The van der Waals surface area contributed by atoms with Gasteiger partial charge in [-0.15, -0.1) is 0 Å². The van der Waals surface area contributed by atoms with Crippen LogP contribution in [0, 0.1) is 13.8 Å². The molecule has 90 valence electrons. The van der Waals surface area contributed by atoms with Crippen molar-refractivity contribution in [3.05, 3.63) is 52.3 Å². The van der Waals surface area contributed by atoms with Gasteiger partial charge in [-0.2, -0.15) is 0 Å². The number of nitrogens with zero attached hydrogens (tertiary/aromatic N) is 3. The molecule has 5 heteroatoms. The highest BCUT2D eigenvalue weighted by atomic mass is 16.1. The van der Waals surface area contributed by atoms with E-state index in [-0.39, 0.29) is 5.56 Å². The first-order chi connectivity index (χ1) is 8.66. The molecule has 0 bridgehead atoms. The van der Waals surface area contributed by atoms with Crippen LogP contribution in [0.15, 0.2) is 35.4 Å². The number of nitrogens with one attached hydrogen (secondary N) is 1. The molecule has 0 spiro atoms. The van der Waals surface area contributed by atoms with Gasteiger partial charge in [0.2, 0.25) is 0 Å². The number of aryl methyl sites for hydroxylation is 2. The second-order valence-corrected chi connectivity index (χ2v) is 4.24. The van der Waals surface area contributed by atoms with Crippen LogP contribution in [-0.4, -0.2) is 19.6 Å². The van der Waals surface area contributed by atoms with Gasteiger partial charge in [0, 0.05) is 35.4 Å². The summed E-state index contributed by atoms with van der Waals surface area (Å²) in [5.74, 6) is 0. The average molecular weight is 240 g/mol. The molecule has 3 heterocycles. The van der Waals surface area contributed by atoms with E-state index in [1.165, 1.54) is 10.6 Å². The summed E-state index contributed by atoms with van der Waals surface area (Å²) in [5, 5.41) is 3.04. The summed E-state index contributed by atoms with van der Waals surface area (Å²) in [6.07, 6.45) is 3.46. The van der Waals surface area contributed by atoms with Crippen LogP contribution >= 0.6 is 0 Å². The van der Waals surface area contributed by atoms with Crippen LogP contribution < -0.4 is 5.56 Å². The number of rotatable bonds is 1. The average Bonchev–Trinajstić information content (AvgIpc) is 2.67. The summed E-state index contributed by atoms with van der Waals surface area (Å²) in [5.41, 5.74) is 4.13. The third-order valence-electron chi connectivity index (χ3n) is 2.89. The van der Waals surface area contributed by atoms with Crippen molar-refractivity contribution in [1.29, 1.82) is 0 Å². The molecule has 0 saturated carbocycles. The molecule has 0 aromatic carbocycles. The van der Waals surface area contributed by atoms with Crippen LogP contribution in [0.1, 0.15) is 11.4 Å².